The van der Waals surface area contributed by atoms with Crippen LogP contribution in [0.25, 0.3) is 5.57 Å². The molecule has 3 nitrogen and oxygen atoms in total. The number of rotatable bonds is 3. The van der Waals surface area contributed by atoms with Crippen LogP contribution in [0.15, 0.2) is 36.5 Å². The van der Waals surface area contributed by atoms with Crippen molar-refractivity contribution in [1.82, 2.24) is 4.90 Å². The van der Waals surface area contributed by atoms with Gasteiger partial charge in [-0.25, -0.2) is 4.79 Å². The van der Waals surface area contributed by atoms with Crippen molar-refractivity contribution in [2.24, 2.45) is 0 Å². The van der Waals surface area contributed by atoms with Crippen molar-refractivity contribution in [3.8, 4) is 0 Å². The number of aliphatic carboxylic acids is 1. The van der Waals surface area contributed by atoms with Crippen LogP contribution >= 0.6 is 0 Å². The monoisotopic (exact) mass is 191 g/mol. The third kappa shape index (κ3) is 2.62. The number of carboxylic acids is 1. The summed E-state index contributed by atoms with van der Waals surface area (Å²) in [5, 5.41) is 8.98. The molecule has 1 aromatic carbocycles. The maximum atomic E-state index is 10.9. The normalized spacial score (nSPS) is 11.1. The van der Waals surface area contributed by atoms with Crippen LogP contribution < -0.4 is 0 Å². The van der Waals surface area contributed by atoms with E-state index in [2.05, 4.69) is 0 Å². The van der Waals surface area contributed by atoms with E-state index in [1.54, 1.807) is 37.3 Å². The van der Waals surface area contributed by atoms with Gasteiger partial charge in [0.2, 0.25) is 0 Å². The number of benzene rings is 1. The maximum absolute atomic E-state index is 10.9. The van der Waals surface area contributed by atoms with E-state index in [1.165, 1.54) is 0 Å². The third-order valence-corrected chi connectivity index (χ3v) is 1.70. The van der Waals surface area contributed by atoms with E-state index in [0.29, 0.717) is 11.1 Å². The number of nitrogens with zero attached hydrogens (tertiary/aromatic N) is 1. The van der Waals surface area contributed by atoms with Crippen LogP contribution in [-0.4, -0.2) is 30.1 Å². The van der Waals surface area contributed by atoms with Crippen molar-refractivity contribution < 1.29 is 9.90 Å². The first kappa shape index (κ1) is 10.3. The summed E-state index contributed by atoms with van der Waals surface area (Å²) in [4.78, 5) is 12.7. The highest BCUT2D eigenvalue weighted by Crippen LogP contribution is 2.14. The zero-order chi connectivity index (χ0) is 10.6. The van der Waals surface area contributed by atoms with Crippen LogP contribution in [0.5, 0.6) is 0 Å². The molecular formula is C11H13NO2. The van der Waals surface area contributed by atoms with E-state index in [1.807, 2.05) is 18.2 Å². The summed E-state index contributed by atoms with van der Waals surface area (Å²) in [6, 6.07) is 9.06. The topological polar surface area (TPSA) is 40.5 Å². The van der Waals surface area contributed by atoms with Crippen LogP contribution in [0.4, 0.5) is 0 Å². The summed E-state index contributed by atoms with van der Waals surface area (Å²) in [5.74, 6) is -0.912. The minimum absolute atomic E-state index is 0.301. The molecule has 0 aromatic heterocycles. The molecule has 1 N–H and O–H groups in total. The molecule has 0 atom stereocenters. The summed E-state index contributed by atoms with van der Waals surface area (Å²) in [6.45, 7) is 0. The summed E-state index contributed by atoms with van der Waals surface area (Å²) >= 11 is 0. The van der Waals surface area contributed by atoms with Crippen LogP contribution in [0.1, 0.15) is 5.56 Å². The highest BCUT2D eigenvalue weighted by atomic mass is 16.4. The van der Waals surface area contributed by atoms with E-state index >= 15 is 0 Å². The van der Waals surface area contributed by atoms with Crippen molar-refractivity contribution >= 4 is 11.5 Å². The van der Waals surface area contributed by atoms with Crippen LogP contribution in [-0.2, 0) is 4.79 Å². The van der Waals surface area contributed by atoms with Gasteiger partial charge in [0.1, 0.15) is 0 Å². The van der Waals surface area contributed by atoms with Crippen LogP contribution in [0.3, 0.4) is 0 Å². The first-order valence-corrected chi connectivity index (χ1v) is 4.28. The maximum Gasteiger partial charge on any atom is 0.337 e. The Morgan fingerprint density at radius 1 is 1.29 bits per heavy atom. The Hall–Kier alpha value is -1.77. The van der Waals surface area contributed by atoms with Gasteiger partial charge in [-0.2, -0.15) is 0 Å². The molecule has 0 saturated heterocycles. The van der Waals surface area contributed by atoms with Crippen LogP contribution in [0, 0.1) is 0 Å². The zero-order valence-corrected chi connectivity index (χ0v) is 8.27. The SMILES string of the molecule is CN(C)C=C(C(=O)O)c1ccccc1. The summed E-state index contributed by atoms with van der Waals surface area (Å²) in [7, 11) is 3.60. The first-order valence-electron chi connectivity index (χ1n) is 4.28. The van der Waals surface area contributed by atoms with Gasteiger partial charge in [0, 0.05) is 20.3 Å². The fourth-order valence-corrected chi connectivity index (χ4v) is 1.13. The molecule has 0 aliphatic heterocycles. The van der Waals surface area contributed by atoms with Gasteiger partial charge in [-0.05, 0) is 5.56 Å². The standard InChI is InChI=1S/C11H13NO2/c1-12(2)8-10(11(13)14)9-6-4-3-5-7-9/h3-8H,1-2H3,(H,13,14). The Balaban J connectivity index is 3.08. The molecule has 1 rings (SSSR count). The average Bonchev–Trinajstić information content (AvgIpc) is 2.15. The molecular weight excluding hydrogens is 178 g/mol. The molecule has 0 bridgehead atoms. The predicted octanol–water partition coefficient (Wildman–Crippen LogP) is 1.67. The number of hydrogen-bond donors (Lipinski definition) is 1. The molecule has 0 aliphatic carbocycles. The lowest BCUT2D eigenvalue weighted by Crippen LogP contribution is -2.07. The molecule has 0 unspecified atom stereocenters. The summed E-state index contributed by atoms with van der Waals surface area (Å²) < 4.78 is 0. The van der Waals surface area contributed by atoms with E-state index in [4.69, 9.17) is 5.11 Å². The van der Waals surface area contributed by atoms with Gasteiger partial charge in [-0.3, -0.25) is 0 Å². The average molecular weight is 191 g/mol. The number of carbonyl (C=O) groups is 1. The van der Waals surface area contributed by atoms with Gasteiger partial charge in [0.05, 0.1) is 5.57 Å². The molecule has 0 heterocycles. The van der Waals surface area contributed by atoms with E-state index in [9.17, 15) is 4.79 Å². The predicted molar refractivity (Wildman–Crippen MR) is 55.7 cm³/mol. The molecule has 0 spiro atoms. The summed E-state index contributed by atoms with van der Waals surface area (Å²) in [5.41, 5.74) is 1.02. The lowest BCUT2D eigenvalue weighted by Gasteiger charge is -2.08. The number of hydrogen-bond acceptors (Lipinski definition) is 2. The van der Waals surface area contributed by atoms with E-state index in [-0.39, 0.29) is 0 Å². The zero-order valence-electron chi connectivity index (χ0n) is 8.27. The third-order valence-electron chi connectivity index (χ3n) is 1.70. The molecule has 3 heteroatoms. The van der Waals surface area contributed by atoms with Gasteiger partial charge in [0.15, 0.2) is 0 Å². The highest BCUT2D eigenvalue weighted by molar-refractivity contribution is 6.15. The summed E-state index contributed by atoms with van der Waals surface area (Å²) in [6.07, 6.45) is 1.59. The van der Waals surface area contributed by atoms with Crippen LogP contribution in [0.2, 0.25) is 0 Å². The largest absolute Gasteiger partial charge is 0.478 e. The molecule has 74 valence electrons. The Labute approximate surface area is 83.3 Å². The molecule has 0 radical (unpaired) electrons. The molecule has 1 aromatic rings. The van der Waals surface area contributed by atoms with Gasteiger partial charge >= 0.3 is 5.97 Å². The van der Waals surface area contributed by atoms with Gasteiger partial charge in [-0.1, -0.05) is 30.3 Å². The van der Waals surface area contributed by atoms with Gasteiger partial charge < -0.3 is 10.0 Å². The van der Waals surface area contributed by atoms with Crippen molar-refractivity contribution in [2.75, 3.05) is 14.1 Å². The molecule has 0 fully saturated rings. The van der Waals surface area contributed by atoms with E-state index < -0.39 is 5.97 Å². The second-order valence-corrected chi connectivity index (χ2v) is 3.18. The lowest BCUT2D eigenvalue weighted by atomic mass is 10.1. The fourth-order valence-electron chi connectivity index (χ4n) is 1.13. The highest BCUT2D eigenvalue weighted by Gasteiger charge is 2.09. The Morgan fingerprint density at radius 2 is 1.86 bits per heavy atom. The van der Waals surface area contributed by atoms with Crippen molar-refractivity contribution in [1.29, 1.82) is 0 Å². The van der Waals surface area contributed by atoms with Gasteiger partial charge in [-0.15, -0.1) is 0 Å². The second kappa shape index (κ2) is 4.46. The number of carboxylic acid groups (broad SMARTS) is 1. The molecule has 0 aliphatic rings. The minimum Gasteiger partial charge on any atom is -0.478 e. The fraction of sp³-hybridized carbons (Fsp3) is 0.182. The Kier molecular flexibility index (Phi) is 3.29. The van der Waals surface area contributed by atoms with Crippen molar-refractivity contribution in [3.05, 3.63) is 42.1 Å². The minimum atomic E-state index is -0.912. The smallest absolute Gasteiger partial charge is 0.337 e. The lowest BCUT2D eigenvalue weighted by molar-refractivity contribution is -0.130. The van der Waals surface area contributed by atoms with Crippen molar-refractivity contribution in [2.45, 2.75) is 0 Å². The molecule has 0 saturated carbocycles. The molecule has 0 amide bonds. The second-order valence-electron chi connectivity index (χ2n) is 3.18. The molecule has 14 heavy (non-hydrogen) atoms. The Morgan fingerprint density at radius 3 is 2.29 bits per heavy atom. The Bertz CT molecular complexity index is 342. The van der Waals surface area contributed by atoms with Crippen molar-refractivity contribution in [3.63, 3.8) is 0 Å². The van der Waals surface area contributed by atoms with E-state index in [0.717, 1.165) is 0 Å². The quantitative estimate of drug-likeness (QED) is 0.739. The first-order chi connectivity index (χ1) is 6.61. The van der Waals surface area contributed by atoms with Gasteiger partial charge in [0.25, 0.3) is 0 Å².